The van der Waals surface area contributed by atoms with Crippen LogP contribution >= 0.6 is 0 Å². The first-order chi connectivity index (χ1) is 12.4. The number of hydrogen-bond acceptors (Lipinski definition) is 3. The molecule has 2 heterocycles. The van der Waals surface area contributed by atoms with Crippen LogP contribution in [0.25, 0.3) is 0 Å². The SMILES string of the molecule is O=C1NC2(CCCC2)C(=O)N1CC1CC(=O)N(c2ccc(F)c(F)c2)C1. The summed E-state index contributed by atoms with van der Waals surface area (Å²) in [5.74, 6) is -2.67. The van der Waals surface area contributed by atoms with E-state index in [2.05, 4.69) is 5.32 Å². The number of anilines is 1. The first-order valence-corrected chi connectivity index (χ1v) is 8.79. The van der Waals surface area contributed by atoms with Gasteiger partial charge < -0.3 is 10.2 Å². The third kappa shape index (κ3) is 2.64. The van der Waals surface area contributed by atoms with Crippen LogP contribution in [0.15, 0.2) is 18.2 Å². The number of carbonyl (C=O) groups is 3. The normalized spacial score (nSPS) is 24.8. The largest absolute Gasteiger partial charge is 0.325 e. The number of hydrogen-bond donors (Lipinski definition) is 1. The third-order valence-corrected chi connectivity index (χ3v) is 5.56. The van der Waals surface area contributed by atoms with Crippen molar-refractivity contribution in [3.05, 3.63) is 29.8 Å². The van der Waals surface area contributed by atoms with Crippen molar-refractivity contribution in [2.75, 3.05) is 18.0 Å². The van der Waals surface area contributed by atoms with E-state index < -0.39 is 23.2 Å². The van der Waals surface area contributed by atoms with Crippen LogP contribution in [-0.4, -0.2) is 41.4 Å². The molecule has 138 valence electrons. The zero-order valence-electron chi connectivity index (χ0n) is 14.1. The zero-order valence-corrected chi connectivity index (χ0v) is 14.1. The van der Waals surface area contributed by atoms with E-state index >= 15 is 0 Å². The fourth-order valence-electron chi connectivity index (χ4n) is 4.22. The Balaban J connectivity index is 1.47. The summed E-state index contributed by atoms with van der Waals surface area (Å²) in [6.07, 6.45) is 3.28. The van der Waals surface area contributed by atoms with Gasteiger partial charge in [0.15, 0.2) is 11.6 Å². The molecule has 6 nitrogen and oxygen atoms in total. The number of urea groups is 1. The molecule has 1 N–H and O–H groups in total. The van der Waals surface area contributed by atoms with Crippen molar-refractivity contribution in [1.29, 1.82) is 0 Å². The Bertz CT molecular complexity index is 792. The van der Waals surface area contributed by atoms with Crippen LogP contribution in [0.4, 0.5) is 19.3 Å². The number of carbonyl (C=O) groups excluding carboxylic acids is 3. The Kier molecular flexibility index (Phi) is 3.93. The minimum absolute atomic E-state index is 0.151. The second-order valence-corrected chi connectivity index (χ2v) is 7.31. The molecule has 4 amide bonds. The summed E-state index contributed by atoms with van der Waals surface area (Å²) in [5.41, 5.74) is -0.486. The molecule has 1 aromatic rings. The van der Waals surface area contributed by atoms with Crippen molar-refractivity contribution in [2.45, 2.75) is 37.6 Å². The van der Waals surface area contributed by atoms with E-state index in [0.29, 0.717) is 12.8 Å². The lowest BCUT2D eigenvalue weighted by molar-refractivity contribution is -0.131. The first kappa shape index (κ1) is 16.9. The maximum Gasteiger partial charge on any atom is 0.325 e. The second kappa shape index (κ2) is 6.03. The van der Waals surface area contributed by atoms with E-state index in [1.54, 1.807) is 0 Å². The van der Waals surface area contributed by atoms with Crippen molar-refractivity contribution in [3.63, 3.8) is 0 Å². The zero-order chi connectivity index (χ0) is 18.5. The molecule has 2 aliphatic heterocycles. The molecule has 1 atom stereocenters. The van der Waals surface area contributed by atoms with Gasteiger partial charge in [0, 0.05) is 37.2 Å². The second-order valence-electron chi connectivity index (χ2n) is 7.31. The number of nitrogens with zero attached hydrogens (tertiary/aromatic N) is 2. The van der Waals surface area contributed by atoms with Gasteiger partial charge in [-0.1, -0.05) is 12.8 Å². The van der Waals surface area contributed by atoms with Crippen LogP contribution in [0.2, 0.25) is 0 Å². The number of nitrogens with one attached hydrogen (secondary N) is 1. The van der Waals surface area contributed by atoms with Gasteiger partial charge in [0.05, 0.1) is 0 Å². The third-order valence-electron chi connectivity index (χ3n) is 5.56. The predicted octanol–water partition coefficient (Wildman–Crippen LogP) is 2.18. The smallest absolute Gasteiger partial charge is 0.323 e. The fourth-order valence-corrected chi connectivity index (χ4v) is 4.22. The Morgan fingerprint density at radius 2 is 1.85 bits per heavy atom. The summed E-state index contributed by atoms with van der Waals surface area (Å²) in [7, 11) is 0. The molecule has 0 aromatic heterocycles. The van der Waals surface area contributed by atoms with Gasteiger partial charge in [-0.25, -0.2) is 13.6 Å². The van der Waals surface area contributed by atoms with Crippen LogP contribution in [-0.2, 0) is 9.59 Å². The van der Waals surface area contributed by atoms with E-state index in [9.17, 15) is 23.2 Å². The van der Waals surface area contributed by atoms with E-state index in [-0.39, 0.29) is 42.9 Å². The van der Waals surface area contributed by atoms with Gasteiger partial charge in [-0.05, 0) is 25.0 Å². The lowest BCUT2D eigenvalue weighted by atomic mass is 9.97. The molecule has 2 saturated heterocycles. The quantitative estimate of drug-likeness (QED) is 0.837. The van der Waals surface area contributed by atoms with Crippen molar-refractivity contribution in [3.8, 4) is 0 Å². The molecule has 0 bridgehead atoms. The van der Waals surface area contributed by atoms with Crippen molar-refractivity contribution in [1.82, 2.24) is 10.2 Å². The standard InChI is InChI=1S/C18H19F2N3O3/c19-13-4-3-12(8-14(13)20)22-9-11(7-15(22)24)10-23-16(25)18(21-17(23)26)5-1-2-6-18/h3-4,8,11H,1-2,5-7,9-10H2,(H,21,26). The molecule has 8 heteroatoms. The highest BCUT2D eigenvalue weighted by atomic mass is 19.2. The van der Waals surface area contributed by atoms with Crippen LogP contribution < -0.4 is 10.2 Å². The Morgan fingerprint density at radius 1 is 1.12 bits per heavy atom. The summed E-state index contributed by atoms with van der Waals surface area (Å²) < 4.78 is 26.5. The monoisotopic (exact) mass is 363 g/mol. The van der Waals surface area contributed by atoms with E-state index in [0.717, 1.165) is 25.0 Å². The van der Waals surface area contributed by atoms with Crippen molar-refractivity contribution in [2.24, 2.45) is 5.92 Å². The number of benzene rings is 1. The molecular weight excluding hydrogens is 344 g/mol. The topological polar surface area (TPSA) is 69.7 Å². The molecule has 4 rings (SSSR count). The molecule has 1 saturated carbocycles. The highest BCUT2D eigenvalue weighted by Gasteiger charge is 2.53. The average molecular weight is 363 g/mol. The number of rotatable bonds is 3. The van der Waals surface area contributed by atoms with E-state index in [4.69, 9.17) is 0 Å². The predicted molar refractivity (Wildman–Crippen MR) is 88.3 cm³/mol. The Labute approximate surface area is 149 Å². The van der Waals surface area contributed by atoms with Gasteiger partial charge >= 0.3 is 6.03 Å². The van der Waals surface area contributed by atoms with Gasteiger partial charge in [0.2, 0.25) is 5.91 Å². The number of amides is 4. The van der Waals surface area contributed by atoms with E-state index in [1.807, 2.05) is 0 Å². The maximum atomic E-state index is 13.4. The molecule has 26 heavy (non-hydrogen) atoms. The van der Waals surface area contributed by atoms with Gasteiger partial charge in [-0.2, -0.15) is 0 Å². The van der Waals surface area contributed by atoms with Crippen molar-refractivity contribution >= 4 is 23.5 Å². The molecule has 3 fully saturated rings. The minimum atomic E-state index is -1.02. The molecule has 1 unspecified atom stereocenters. The highest BCUT2D eigenvalue weighted by Crippen LogP contribution is 2.36. The van der Waals surface area contributed by atoms with Crippen molar-refractivity contribution < 1.29 is 23.2 Å². The molecule has 1 spiro atoms. The van der Waals surface area contributed by atoms with E-state index in [1.165, 1.54) is 15.9 Å². The van der Waals surface area contributed by atoms with Gasteiger partial charge in [0.1, 0.15) is 5.54 Å². The summed E-state index contributed by atoms with van der Waals surface area (Å²) in [6, 6.07) is 2.90. The van der Waals surface area contributed by atoms with Crippen LogP contribution in [0.5, 0.6) is 0 Å². The molecular formula is C18H19F2N3O3. The Morgan fingerprint density at radius 3 is 2.54 bits per heavy atom. The van der Waals surface area contributed by atoms with Crippen LogP contribution in [0, 0.1) is 17.6 Å². The first-order valence-electron chi connectivity index (χ1n) is 8.79. The summed E-state index contributed by atoms with van der Waals surface area (Å²) in [4.78, 5) is 39.8. The average Bonchev–Trinajstić information content (AvgIpc) is 3.27. The number of halogens is 2. The summed E-state index contributed by atoms with van der Waals surface area (Å²) >= 11 is 0. The Hall–Kier alpha value is -2.51. The van der Waals surface area contributed by atoms with Gasteiger partial charge in [-0.3, -0.25) is 14.5 Å². The van der Waals surface area contributed by atoms with Crippen LogP contribution in [0.1, 0.15) is 32.1 Å². The molecule has 0 radical (unpaired) electrons. The maximum absolute atomic E-state index is 13.4. The lowest BCUT2D eigenvalue weighted by Crippen LogP contribution is -2.44. The molecule has 1 aromatic carbocycles. The highest BCUT2D eigenvalue weighted by molar-refractivity contribution is 6.07. The lowest BCUT2D eigenvalue weighted by Gasteiger charge is -2.22. The molecule has 1 aliphatic carbocycles. The van der Waals surface area contributed by atoms with Gasteiger partial charge in [0.25, 0.3) is 5.91 Å². The van der Waals surface area contributed by atoms with Crippen LogP contribution in [0.3, 0.4) is 0 Å². The van der Waals surface area contributed by atoms with Gasteiger partial charge in [-0.15, -0.1) is 0 Å². The minimum Gasteiger partial charge on any atom is -0.323 e. The number of imide groups is 1. The fraction of sp³-hybridized carbons (Fsp3) is 0.500. The molecule has 3 aliphatic rings. The summed E-state index contributed by atoms with van der Waals surface area (Å²) in [6.45, 7) is 0.409. The summed E-state index contributed by atoms with van der Waals surface area (Å²) in [5, 5.41) is 2.82.